The molecule has 2 aliphatic rings. The molecule has 1 saturated carbocycles. The predicted octanol–water partition coefficient (Wildman–Crippen LogP) is 1.94. The highest BCUT2D eigenvalue weighted by Crippen LogP contribution is 2.61. The van der Waals surface area contributed by atoms with Gasteiger partial charge in [-0.15, -0.1) is 0 Å². The lowest BCUT2D eigenvalue weighted by molar-refractivity contribution is -0.237. The van der Waals surface area contributed by atoms with Gasteiger partial charge in [0.15, 0.2) is 0 Å². The molecule has 4 N–H and O–H groups in total. The molecule has 2 rings (SSSR count). The second kappa shape index (κ2) is 8.19. The maximum absolute atomic E-state index is 12.4. The summed E-state index contributed by atoms with van der Waals surface area (Å²) in [6.07, 6.45) is 4.26. The van der Waals surface area contributed by atoms with Gasteiger partial charge in [-0.1, -0.05) is 40.5 Å². The van der Waals surface area contributed by atoms with E-state index >= 15 is 0 Å². The zero-order valence-electron chi connectivity index (χ0n) is 17.1. The molecule has 0 bridgehead atoms. The minimum absolute atomic E-state index is 0.201. The van der Waals surface area contributed by atoms with E-state index in [9.17, 15) is 25.2 Å². The van der Waals surface area contributed by atoms with Gasteiger partial charge in [-0.05, 0) is 36.3 Å². The minimum atomic E-state index is -1.77. The number of hydrogen-bond donors (Lipinski definition) is 4. The topological polar surface area (TPSA) is 107 Å². The summed E-state index contributed by atoms with van der Waals surface area (Å²) in [6.45, 7) is 6.79. The summed E-state index contributed by atoms with van der Waals surface area (Å²) in [6, 6.07) is 0. The van der Waals surface area contributed by atoms with Gasteiger partial charge in [-0.2, -0.15) is 0 Å². The van der Waals surface area contributed by atoms with E-state index < -0.39 is 42.4 Å². The van der Waals surface area contributed by atoms with Gasteiger partial charge in [0, 0.05) is 17.8 Å². The highest BCUT2D eigenvalue weighted by atomic mass is 16.5. The lowest BCUT2D eigenvalue weighted by Gasteiger charge is -2.63. The summed E-state index contributed by atoms with van der Waals surface area (Å²) in [5, 5.41) is 42.1. The van der Waals surface area contributed by atoms with Crippen molar-refractivity contribution < 1.29 is 30.0 Å². The molecule has 1 fully saturated rings. The average molecular weight is 385 g/mol. The molecule has 0 saturated heterocycles. The Morgan fingerprint density at radius 1 is 1.26 bits per heavy atom. The van der Waals surface area contributed by atoms with Crippen molar-refractivity contribution in [3.05, 3.63) is 11.6 Å². The van der Waals surface area contributed by atoms with Gasteiger partial charge in [0.25, 0.3) is 0 Å². The van der Waals surface area contributed by atoms with E-state index in [1.54, 1.807) is 13.0 Å². The van der Waals surface area contributed by atoms with E-state index in [1.807, 2.05) is 13.8 Å². The van der Waals surface area contributed by atoms with E-state index in [2.05, 4.69) is 6.92 Å². The van der Waals surface area contributed by atoms with Crippen LogP contribution in [-0.2, 0) is 9.53 Å². The maximum atomic E-state index is 12.4. The number of carbonyl (C=O) groups is 1. The van der Waals surface area contributed by atoms with Crippen LogP contribution in [0, 0.1) is 16.7 Å². The first-order valence-corrected chi connectivity index (χ1v) is 10.1. The summed E-state index contributed by atoms with van der Waals surface area (Å²) in [5.41, 5.74) is -3.05. The van der Waals surface area contributed by atoms with Crippen LogP contribution in [0.2, 0.25) is 0 Å². The molecular weight excluding hydrogens is 348 g/mol. The number of fused-ring (bicyclic) bond motifs is 1. The third-order valence-corrected chi connectivity index (χ3v) is 7.01. The first kappa shape index (κ1) is 22.3. The fourth-order valence-electron chi connectivity index (χ4n) is 5.37. The van der Waals surface area contributed by atoms with Crippen molar-refractivity contribution in [3.8, 4) is 0 Å². The maximum Gasteiger partial charge on any atom is 0.306 e. The first-order valence-electron chi connectivity index (χ1n) is 10.1. The average Bonchev–Trinajstić information content (AvgIpc) is 2.61. The van der Waals surface area contributed by atoms with Crippen molar-refractivity contribution in [3.63, 3.8) is 0 Å². The van der Waals surface area contributed by atoms with E-state index in [-0.39, 0.29) is 17.0 Å². The highest BCUT2D eigenvalue weighted by molar-refractivity contribution is 5.69. The minimum Gasteiger partial charge on any atom is -0.458 e. The Morgan fingerprint density at radius 2 is 1.93 bits per heavy atom. The number of hydrogen-bond acceptors (Lipinski definition) is 6. The van der Waals surface area contributed by atoms with Gasteiger partial charge < -0.3 is 25.2 Å². The number of ether oxygens (including phenoxy) is 1. The van der Waals surface area contributed by atoms with Crippen molar-refractivity contribution in [2.24, 2.45) is 16.7 Å². The molecule has 5 atom stereocenters. The molecule has 2 aliphatic carbocycles. The van der Waals surface area contributed by atoms with Gasteiger partial charge >= 0.3 is 5.97 Å². The van der Waals surface area contributed by atoms with Gasteiger partial charge in [0.2, 0.25) is 0 Å². The SMILES string of the molecule is CCCCCC(=O)O[C@@H]1C=C(CO)[C@](O)(CO)[C@]2(C)[C@@H](O)CCC(C)(C)[C@H]12. The van der Waals surface area contributed by atoms with Crippen LogP contribution in [0.25, 0.3) is 0 Å². The van der Waals surface area contributed by atoms with E-state index in [0.29, 0.717) is 19.3 Å². The number of rotatable bonds is 7. The first-order chi connectivity index (χ1) is 12.6. The second-order valence-corrected chi connectivity index (χ2v) is 9.08. The summed E-state index contributed by atoms with van der Waals surface area (Å²) in [5.74, 6) is -0.703. The molecule has 0 radical (unpaired) electrons. The normalized spacial score (nSPS) is 38.1. The molecule has 156 valence electrons. The van der Waals surface area contributed by atoms with Crippen LogP contribution in [0.1, 0.15) is 66.2 Å². The Labute approximate surface area is 162 Å². The third-order valence-electron chi connectivity index (χ3n) is 7.01. The largest absolute Gasteiger partial charge is 0.458 e. The van der Waals surface area contributed by atoms with Crippen molar-refractivity contribution in [1.29, 1.82) is 0 Å². The second-order valence-electron chi connectivity index (χ2n) is 9.08. The zero-order valence-corrected chi connectivity index (χ0v) is 17.1. The molecule has 0 aromatic carbocycles. The third kappa shape index (κ3) is 3.69. The van der Waals surface area contributed by atoms with E-state index in [1.165, 1.54) is 0 Å². The molecule has 0 aliphatic heterocycles. The molecule has 6 heteroatoms. The Kier molecular flexibility index (Phi) is 6.78. The smallest absolute Gasteiger partial charge is 0.306 e. The molecule has 0 heterocycles. The monoisotopic (exact) mass is 384 g/mol. The van der Waals surface area contributed by atoms with Gasteiger partial charge in [0.1, 0.15) is 11.7 Å². The highest BCUT2D eigenvalue weighted by Gasteiger charge is 2.66. The number of aliphatic hydroxyl groups is 4. The molecule has 0 spiro atoms. The zero-order chi connectivity index (χ0) is 20.5. The Hall–Kier alpha value is -0.950. The lowest BCUT2D eigenvalue weighted by Crippen LogP contribution is -2.70. The van der Waals surface area contributed by atoms with Gasteiger partial charge in [-0.3, -0.25) is 4.79 Å². The van der Waals surface area contributed by atoms with Crippen molar-refractivity contribution in [2.75, 3.05) is 13.2 Å². The fourth-order valence-corrected chi connectivity index (χ4v) is 5.37. The Bertz CT molecular complexity index is 571. The van der Waals surface area contributed by atoms with Crippen molar-refractivity contribution >= 4 is 5.97 Å². The standard InChI is InChI=1S/C21H36O6/c1-5-6-7-8-17(25)27-15-11-14(12-22)21(26,13-23)20(4)16(24)9-10-19(2,3)18(15)20/h11,15-16,18,22-24,26H,5-10,12-13H2,1-4H3/t15-,16+,18+,20-,21-/m1/s1. The van der Waals surface area contributed by atoms with Crippen LogP contribution in [0.4, 0.5) is 0 Å². The summed E-state index contributed by atoms with van der Waals surface area (Å²) in [4.78, 5) is 12.4. The molecule has 27 heavy (non-hydrogen) atoms. The quantitative estimate of drug-likeness (QED) is 0.304. The number of unbranched alkanes of at least 4 members (excludes halogenated alkanes) is 2. The van der Waals surface area contributed by atoms with Crippen LogP contribution in [0.15, 0.2) is 11.6 Å². The molecule has 0 unspecified atom stereocenters. The molecular formula is C21H36O6. The molecule has 0 amide bonds. The molecule has 6 nitrogen and oxygen atoms in total. The Morgan fingerprint density at radius 3 is 2.48 bits per heavy atom. The summed E-state index contributed by atoms with van der Waals surface area (Å²) >= 11 is 0. The number of carbonyl (C=O) groups excluding carboxylic acids is 1. The molecule has 0 aromatic heterocycles. The summed E-state index contributed by atoms with van der Waals surface area (Å²) in [7, 11) is 0. The van der Waals surface area contributed by atoms with Crippen LogP contribution in [-0.4, -0.2) is 57.4 Å². The molecule has 0 aromatic rings. The van der Waals surface area contributed by atoms with Crippen molar-refractivity contribution in [1.82, 2.24) is 0 Å². The van der Waals surface area contributed by atoms with Gasteiger partial charge in [-0.25, -0.2) is 0 Å². The van der Waals surface area contributed by atoms with Crippen LogP contribution >= 0.6 is 0 Å². The van der Waals surface area contributed by atoms with Crippen LogP contribution in [0.3, 0.4) is 0 Å². The van der Waals surface area contributed by atoms with E-state index in [0.717, 1.165) is 19.3 Å². The number of aliphatic hydroxyl groups excluding tert-OH is 3. The summed E-state index contributed by atoms with van der Waals surface area (Å²) < 4.78 is 5.80. The van der Waals surface area contributed by atoms with Crippen molar-refractivity contribution in [2.45, 2.75) is 84.0 Å². The van der Waals surface area contributed by atoms with Gasteiger partial charge in [0.05, 0.1) is 19.3 Å². The number of esters is 1. The lowest BCUT2D eigenvalue weighted by atomic mass is 9.45. The fraction of sp³-hybridized carbons (Fsp3) is 0.857. The van der Waals surface area contributed by atoms with Crippen LogP contribution < -0.4 is 0 Å². The van der Waals surface area contributed by atoms with Crippen LogP contribution in [0.5, 0.6) is 0 Å². The predicted molar refractivity (Wildman–Crippen MR) is 102 cm³/mol. The van der Waals surface area contributed by atoms with E-state index in [4.69, 9.17) is 4.74 Å². The Balaban J connectivity index is 2.46.